The van der Waals surface area contributed by atoms with Gasteiger partial charge < -0.3 is 24.1 Å². The number of esters is 3. The van der Waals surface area contributed by atoms with Gasteiger partial charge in [0.25, 0.3) is 6.04 Å². The Kier molecular flexibility index (Phi) is 8.33. The summed E-state index contributed by atoms with van der Waals surface area (Å²) in [6, 6.07) is -1.04. The average Bonchev–Trinajstić information content (AvgIpc) is 3.44. The minimum atomic E-state index is -1.04. The summed E-state index contributed by atoms with van der Waals surface area (Å²) in [4.78, 5) is 42.5. The molecule has 0 amide bonds. The predicted molar refractivity (Wildman–Crippen MR) is 141 cm³/mol. The van der Waals surface area contributed by atoms with Crippen LogP contribution in [-0.4, -0.2) is 65.2 Å². The van der Waals surface area contributed by atoms with Gasteiger partial charge in [0, 0.05) is 49.5 Å². The molecule has 1 unspecified atom stereocenters. The maximum Gasteiger partial charge on any atom is 0.310 e. The van der Waals surface area contributed by atoms with Crippen molar-refractivity contribution in [3.05, 3.63) is 33.4 Å². The molecule has 5 aliphatic rings. The molecule has 1 spiro atoms. The molecule has 1 aliphatic heterocycles. The zero-order valence-corrected chi connectivity index (χ0v) is 24.0. The molecule has 0 aromatic carbocycles. The third-order valence-electron chi connectivity index (χ3n) is 10.1. The third kappa shape index (κ3) is 5.23. The molecule has 3 fully saturated rings. The molecule has 0 aromatic rings. The highest BCUT2D eigenvalue weighted by Crippen LogP contribution is 2.68. The number of carbonyl (C=O) groups is 3. The Morgan fingerprint density at radius 3 is 2.17 bits per heavy atom. The minimum Gasteiger partial charge on any atom is -0.458 e. The zero-order valence-electron chi connectivity index (χ0n) is 24.0. The van der Waals surface area contributed by atoms with E-state index in [4.69, 9.17) is 14.2 Å². The number of hydrogen-bond acceptors (Lipinski definition) is 10. The number of nitrogens with zero attached hydrogens (tertiary/aromatic N) is 1. The van der Waals surface area contributed by atoms with E-state index < -0.39 is 35.3 Å². The number of aliphatic hydroxyl groups is 1. The van der Waals surface area contributed by atoms with Crippen LogP contribution in [0.5, 0.6) is 0 Å². The molecule has 11 nitrogen and oxygen atoms in total. The zero-order chi connectivity index (χ0) is 29.5. The van der Waals surface area contributed by atoms with Crippen molar-refractivity contribution in [2.24, 2.45) is 22.7 Å². The lowest BCUT2D eigenvalue weighted by atomic mass is 9.44. The van der Waals surface area contributed by atoms with Crippen LogP contribution in [0.25, 0.3) is 0 Å². The summed E-state index contributed by atoms with van der Waals surface area (Å²) in [5.74, 6) is -2.02. The molecule has 4 aliphatic carbocycles. The molecule has 5 rings (SSSR count). The number of allylic oxidation sites excluding steroid dienone is 2. The van der Waals surface area contributed by atoms with Crippen LogP contribution in [0.15, 0.2) is 23.3 Å². The van der Waals surface area contributed by atoms with Crippen LogP contribution < -0.4 is 0 Å². The lowest BCUT2D eigenvalue weighted by molar-refractivity contribution is -0.517. The van der Waals surface area contributed by atoms with Gasteiger partial charge >= 0.3 is 17.9 Å². The van der Waals surface area contributed by atoms with Crippen molar-refractivity contribution in [2.75, 3.05) is 19.8 Å². The molecule has 2 saturated carbocycles. The van der Waals surface area contributed by atoms with Crippen molar-refractivity contribution in [3.8, 4) is 0 Å². The van der Waals surface area contributed by atoms with Gasteiger partial charge in [0.05, 0.1) is 18.8 Å². The Balaban J connectivity index is 0.000000470. The summed E-state index contributed by atoms with van der Waals surface area (Å²) < 4.78 is 21.0. The molecular formula is C29H41NO10. The maximum atomic E-state index is 12.3. The first kappa shape index (κ1) is 30.3. The number of hydrogen-bond donors (Lipinski definition) is 1. The summed E-state index contributed by atoms with van der Waals surface area (Å²) in [5.41, 5.74) is 0.411. The van der Waals surface area contributed by atoms with E-state index in [2.05, 4.69) is 24.7 Å². The Labute approximate surface area is 234 Å². The van der Waals surface area contributed by atoms with Crippen molar-refractivity contribution in [1.82, 2.24) is 0 Å². The molecule has 6 atom stereocenters. The van der Waals surface area contributed by atoms with E-state index in [1.54, 1.807) is 0 Å². The number of fused-ring (bicyclic) bond motifs is 5. The number of rotatable bonds is 4. The Hall–Kier alpha value is -2.63. The fourth-order valence-electron chi connectivity index (χ4n) is 8.07. The van der Waals surface area contributed by atoms with Crippen molar-refractivity contribution >= 4 is 17.9 Å². The predicted octanol–water partition coefficient (Wildman–Crippen LogP) is 3.65. The Morgan fingerprint density at radius 2 is 1.62 bits per heavy atom. The summed E-state index contributed by atoms with van der Waals surface area (Å²) >= 11 is 0. The van der Waals surface area contributed by atoms with E-state index in [9.17, 15) is 29.6 Å². The first-order valence-electron chi connectivity index (χ1n) is 14.0. The lowest BCUT2D eigenvalue weighted by Crippen LogP contribution is -2.63. The summed E-state index contributed by atoms with van der Waals surface area (Å²) in [7, 11) is 0. The van der Waals surface area contributed by atoms with Gasteiger partial charge in [-0.15, -0.1) is 0 Å². The van der Waals surface area contributed by atoms with E-state index in [1.807, 2.05) is 6.08 Å². The van der Waals surface area contributed by atoms with Crippen LogP contribution in [0.4, 0.5) is 0 Å². The molecule has 1 N–H and O–H groups in total. The van der Waals surface area contributed by atoms with Gasteiger partial charge in [-0.05, 0) is 49.4 Å². The van der Waals surface area contributed by atoms with Crippen LogP contribution in [-0.2, 0) is 33.3 Å². The van der Waals surface area contributed by atoms with Gasteiger partial charge in [-0.1, -0.05) is 31.6 Å². The van der Waals surface area contributed by atoms with E-state index >= 15 is 0 Å². The largest absolute Gasteiger partial charge is 0.458 e. The third-order valence-corrected chi connectivity index (χ3v) is 10.1. The van der Waals surface area contributed by atoms with Crippen molar-refractivity contribution in [1.29, 1.82) is 0 Å². The topological polar surface area (TPSA) is 152 Å². The monoisotopic (exact) mass is 563 g/mol. The smallest absolute Gasteiger partial charge is 0.310 e. The van der Waals surface area contributed by atoms with Crippen LogP contribution in [0.1, 0.15) is 79.6 Å². The van der Waals surface area contributed by atoms with E-state index in [1.165, 1.54) is 26.3 Å². The highest BCUT2D eigenvalue weighted by Gasteiger charge is 2.66. The summed E-state index contributed by atoms with van der Waals surface area (Å²) in [6.07, 6.45) is 9.31. The summed E-state index contributed by atoms with van der Waals surface area (Å²) in [5, 5.41) is 24.2. The van der Waals surface area contributed by atoms with Crippen LogP contribution in [0.3, 0.4) is 0 Å². The van der Waals surface area contributed by atoms with Gasteiger partial charge in [0.2, 0.25) is 0 Å². The van der Waals surface area contributed by atoms with Crippen LogP contribution in [0.2, 0.25) is 0 Å². The Bertz CT molecular complexity index is 1110. The highest BCUT2D eigenvalue weighted by atomic mass is 16.7. The normalized spacial score (nSPS) is 36.0. The molecule has 222 valence electrons. The fraction of sp³-hybridized carbons (Fsp3) is 0.759. The van der Waals surface area contributed by atoms with Gasteiger partial charge in [-0.3, -0.25) is 24.5 Å². The average molecular weight is 564 g/mol. The number of carbonyl (C=O) groups excluding carboxylic acids is 3. The van der Waals surface area contributed by atoms with Crippen molar-refractivity contribution in [3.63, 3.8) is 0 Å². The maximum absolute atomic E-state index is 12.3. The molecular weight excluding hydrogens is 522 g/mol. The first-order chi connectivity index (χ1) is 18.7. The number of ether oxygens (including phenoxy) is 4. The first-order valence-corrected chi connectivity index (χ1v) is 14.0. The SMILES string of the molecule is CC(=O)OC(C)=O.CC(=O)OCC(C1=CC[C@H]2[C@@H]3CC=C4CC5(CC[C@]4(C)[C@@]3(O)CC[C@]12C)OCCO5)[N+](=O)[O-]. The van der Waals surface area contributed by atoms with Crippen LogP contribution in [0, 0.1) is 32.8 Å². The second-order valence-corrected chi connectivity index (χ2v) is 12.2. The molecule has 0 bridgehead atoms. The summed E-state index contributed by atoms with van der Waals surface area (Å²) in [6.45, 7) is 8.94. The molecule has 0 aromatic heterocycles. The molecule has 11 heteroatoms. The molecule has 1 heterocycles. The van der Waals surface area contributed by atoms with Gasteiger partial charge in [-0.25, -0.2) is 0 Å². The molecule has 0 radical (unpaired) electrons. The van der Waals surface area contributed by atoms with E-state index in [0.717, 1.165) is 24.8 Å². The van der Waals surface area contributed by atoms with Crippen molar-refractivity contribution < 1.29 is 43.4 Å². The van der Waals surface area contributed by atoms with Gasteiger partial charge in [0.1, 0.15) is 0 Å². The standard InChI is InChI=1S/C25H35NO7.C4H6O3/c1-16(27)31-15-21(26(29)30)20-7-6-18-19-5-4-17-14-24(32-12-13-33-24)10-9-23(17,3)25(19,28)11-8-22(18,20)2;1-3(5)7-4(2)6/h4,7,18-19,21,28H,5-6,8-15H2,1-3H3;1-2H3/t18-,19-,21?,22-,23-,25+;/m0./s1. The minimum absolute atomic E-state index is 0.0272. The second kappa shape index (κ2) is 11.0. The lowest BCUT2D eigenvalue weighted by Gasteiger charge is -2.63. The fourth-order valence-corrected chi connectivity index (χ4v) is 8.07. The second-order valence-electron chi connectivity index (χ2n) is 12.2. The molecule has 40 heavy (non-hydrogen) atoms. The Morgan fingerprint density at radius 1 is 1.00 bits per heavy atom. The van der Waals surface area contributed by atoms with Crippen molar-refractivity contribution in [2.45, 2.75) is 97.0 Å². The van der Waals surface area contributed by atoms with E-state index in [-0.39, 0.29) is 34.2 Å². The van der Waals surface area contributed by atoms with E-state index in [0.29, 0.717) is 38.9 Å². The highest BCUT2D eigenvalue weighted by molar-refractivity contribution is 5.82. The van der Waals surface area contributed by atoms with Gasteiger partial charge in [-0.2, -0.15) is 0 Å². The number of nitro groups is 1. The van der Waals surface area contributed by atoms with Gasteiger partial charge in [0.15, 0.2) is 12.4 Å². The van der Waals surface area contributed by atoms with Crippen LogP contribution >= 0.6 is 0 Å². The quantitative estimate of drug-likeness (QED) is 0.176. The molecule has 1 saturated heterocycles.